The van der Waals surface area contributed by atoms with E-state index in [1.165, 1.54) is 16.5 Å². The standard InChI is InChI=1S/C24H24N4O/c1-28-23(20(15-27-28)17-11-12-17)24(29)26-13-19(16-7-3-2-4-8-16)21-14-25-22-10-6-5-9-18(21)22/h2-10,14-15,17,19,25H,11-13H2,1H3,(H,26,29). The first-order chi connectivity index (χ1) is 14.2. The van der Waals surface area contributed by atoms with Crippen LogP contribution < -0.4 is 5.32 Å². The minimum absolute atomic E-state index is 0.0485. The number of nitrogens with zero attached hydrogens (tertiary/aromatic N) is 2. The number of carbonyl (C=O) groups is 1. The lowest BCUT2D eigenvalue weighted by atomic mass is 9.91. The van der Waals surface area contributed by atoms with Crippen LogP contribution in [0.25, 0.3) is 10.9 Å². The first-order valence-electron chi connectivity index (χ1n) is 10.1. The third-order valence-electron chi connectivity index (χ3n) is 5.86. The molecule has 146 valence electrons. The molecule has 0 aliphatic heterocycles. The van der Waals surface area contributed by atoms with Crippen molar-refractivity contribution < 1.29 is 4.79 Å². The molecule has 0 saturated heterocycles. The van der Waals surface area contributed by atoms with Gasteiger partial charge in [0, 0.05) is 42.2 Å². The summed E-state index contributed by atoms with van der Waals surface area (Å²) < 4.78 is 1.70. The van der Waals surface area contributed by atoms with Gasteiger partial charge in [-0.1, -0.05) is 48.5 Å². The summed E-state index contributed by atoms with van der Waals surface area (Å²) in [6.07, 6.45) is 6.21. The van der Waals surface area contributed by atoms with E-state index in [4.69, 9.17) is 0 Å². The largest absolute Gasteiger partial charge is 0.361 e. The maximum Gasteiger partial charge on any atom is 0.269 e. The fourth-order valence-corrected chi connectivity index (χ4v) is 4.18. The van der Waals surface area contributed by atoms with Gasteiger partial charge in [-0.05, 0) is 36.0 Å². The number of aromatic amines is 1. The number of aromatic nitrogens is 3. The molecule has 1 fully saturated rings. The van der Waals surface area contributed by atoms with Gasteiger partial charge in [0.1, 0.15) is 5.69 Å². The number of benzene rings is 2. The fraction of sp³-hybridized carbons (Fsp3) is 0.250. The Morgan fingerprint density at radius 1 is 1.17 bits per heavy atom. The Labute approximate surface area is 169 Å². The lowest BCUT2D eigenvalue weighted by Crippen LogP contribution is -2.31. The molecule has 0 radical (unpaired) electrons. The van der Waals surface area contributed by atoms with E-state index in [9.17, 15) is 4.79 Å². The Morgan fingerprint density at radius 2 is 1.93 bits per heavy atom. The molecular weight excluding hydrogens is 360 g/mol. The summed E-state index contributed by atoms with van der Waals surface area (Å²) in [7, 11) is 1.84. The number of rotatable bonds is 6. The van der Waals surface area contributed by atoms with E-state index in [2.05, 4.69) is 51.9 Å². The second-order valence-corrected chi connectivity index (χ2v) is 7.81. The number of carbonyl (C=O) groups excluding carboxylic acids is 1. The van der Waals surface area contributed by atoms with Gasteiger partial charge in [0.25, 0.3) is 5.91 Å². The van der Waals surface area contributed by atoms with Crippen LogP contribution >= 0.6 is 0 Å². The molecule has 4 aromatic rings. The summed E-state index contributed by atoms with van der Waals surface area (Å²) in [4.78, 5) is 16.4. The number of para-hydroxylation sites is 1. The zero-order chi connectivity index (χ0) is 19.8. The first kappa shape index (κ1) is 17.7. The molecular formula is C24H24N4O. The molecule has 2 aromatic carbocycles. The van der Waals surface area contributed by atoms with Crippen LogP contribution in [0.3, 0.4) is 0 Å². The molecule has 2 N–H and O–H groups in total. The molecule has 0 spiro atoms. The average molecular weight is 384 g/mol. The van der Waals surface area contributed by atoms with E-state index in [1.54, 1.807) is 4.68 Å². The predicted octanol–water partition coefficient (Wildman–Crippen LogP) is 4.34. The second-order valence-electron chi connectivity index (χ2n) is 7.81. The zero-order valence-corrected chi connectivity index (χ0v) is 16.4. The molecule has 1 saturated carbocycles. The van der Waals surface area contributed by atoms with Crippen LogP contribution in [0.2, 0.25) is 0 Å². The molecule has 29 heavy (non-hydrogen) atoms. The van der Waals surface area contributed by atoms with Gasteiger partial charge < -0.3 is 10.3 Å². The van der Waals surface area contributed by atoms with Gasteiger partial charge >= 0.3 is 0 Å². The van der Waals surface area contributed by atoms with Gasteiger partial charge in [-0.15, -0.1) is 0 Å². The molecule has 1 aliphatic rings. The molecule has 2 aromatic heterocycles. The molecule has 0 bridgehead atoms. The molecule has 1 aliphatic carbocycles. The lowest BCUT2D eigenvalue weighted by molar-refractivity contribution is 0.0942. The Balaban J connectivity index is 1.45. The van der Waals surface area contributed by atoms with Gasteiger partial charge in [0.15, 0.2) is 0 Å². The summed E-state index contributed by atoms with van der Waals surface area (Å²) in [6, 6.07) is 18.7. The smallest absolute Gasteiger partial charge is 0.269 e. The maximum absolute atomic E-state index is 13.1. The van der Waals surface area contributed by atoms with Crippen LogP contribution in [0.4, 0.5) is 0 Å². The molecule has 5 heteroatoms. The Bertz CT molecular complexity index is 1150. The van der Waals surface area contributed by atoms with E-state index in [-0.39, 0.29) is 11.8 Å². The minimum Gasteiger partial charge on any atom is -0.361 e. The maximum atomic E-state index is 13.1. The van der Waals surface area contributed by atoms with E-state index >= 15 is 0 Å². The summed E-state index contributed by atoms with van der Waals surface area (Å²) in [6.45, 7) is 0.528. The van der Waals surface area contributed by atoms with Crippen molar-refractivity contribution in [1.29, 1.82) is 0 Å². The van der Waals surface area contributed by atoms with Crippen molar-refractivity contribution in [3.63, 3.8) is 0 Å². The summed E-state index contributed by atoms with van der Waals surface area (Å²) in [5, 5.41) is 8.70. The second kappa shape index (κ2) is 7.24. The molecule has 5 rings (SSSR count). The monoisotopic (exact) mass is 384 g/mol. The van der Waals surface area contributed by atoms with Gasteiger partial charge in [0.2, 0.25) is 0 Å². The average Bonchev–Trinajstić information content (AvgIpc) is 3.40. The number of aryl methyl sites for hydroxylation is 1. The summed E-state index contributed by atoms with van der Waals surface area (Å²) >= 11 is 0. The first-order valence-corrected chi connectivity index (χ1v) is 10.1. The van der Waals surface area contributed by atoms with Crippen molar-refractivity contribution in [2.24, 2.45) is 7.05 Å². The van der Waals surface area contributed by atoms with E-state index in [0.29, 0.717) is 18.2 Å². The van der Waals surface area contributed by atoms with E-state index in [1.807, 2.05) is 37.5 Å². The van der Waals surface area contributed by atoms with Crippen LogP contribution in [-0.2, 0) is 7.05 Å². The van der Waals surface area contributed by atoms with Crippen LogP contribution in [0.1, 0.15) is 51.9 Å². The minimum atomic E-state index is -0.0485. The highest BCUT2D eigenvalue weighted by molar-refractivity contribution is 5.94. The number of hydrogen-bond acceptors (Lipinski definition) is 2. The Morgan fingerprint density at radius 3 is 2.72 bits per heavy atom. The SMILES string of the molecule is Cn1ncc(C2CC2)c1C(=O)NCC(c1ccccc1)c1c[nH]c2ccccc12. The molecule has 2 heterocycles. The third kappa shape index (κ3) is 3.33. The summed E-state index contributed by atoms with van der Waals surface area (Å²) in [5.74, 6) is 0.504. The van der Waals surface area contributed by atoms with Crippen LogP contribution in [-0.4, -0.2) is 27.2 Å². The molecule has 5 nitrogen and oxygen atoms in total. The van der Waals surface area contributed by atoms with Crippen molar-refractivity contribution in [3.8, 4) is 0 Å². The van der Waals surface area contributed by atoms with Crippen LogP contribution in [0, 0.1) is 0 Å². The molecule has 1 unspecified atom stereocenters. The summed E-state index contributed by atoms with van der Waals surface area (Å²) in [5.41, 5.74) is 5.26. The van der Waals surface area contributed by atoms with Gasteiger partial charge in [-0.3, -0.25) is 9.48 Å². The quantitative estimate of drug-likeness (QED) is 0.519. The fourth-order valence-electron chi connectivity index (χ4n) is 4.18. The van der Waals surface area contributed by atoms with Crippen LogP contribution in [0.15, 0.2) is 67.0 Å². The van der Waals surface area contributed by atoms with Crippen molar-refractivity contribution in [1.82, 2.24) is 20.1 Å². The van der Waals surface area contributed by atoms with Crippen molar-refractivity contribution in [3.05, 3.63) is 89.4 Å². The van der Waals surface area contributed by atoms with Crippen molar-refractivity contribution >= 4 is 16.8 Å². The van der Waals surface area contributed by atoms with Crippen molar-refractivity contribution in [2.75, 3.05) is 6.54 Å². The van der Waals surface area contributed by atoms with Gasteiger partial charge in [-0.2, -0.15) is 5.10 Å². The number of H-pyrrole nitrogens is 1. The highest BCUT2D eigenvalue weighted by Gasteiger charge is 2.31. The number of amides is 1. The van der Waals surface area contributed by atoms with Crippen molar-refractivity contribution in [2.45, 2.75) is 24.7 Å². The zero-order valence-electron chi connectivity index (χ0n) is 16.4. The third-order valence-corrected chi connectivity index (χ3v) is 5.86. The number of hydrogen-bond donors (Lipinski definition) is 2. The predicted molar refractivity (Wildman–Crippen MR) is 114 cm³/mol. The Kier molecular flexibility index (Phi) is 4.43. The topological polar surface area (TPSA) is 62.7 Å². The highest BCUT2D eigenvalue weighted by atomic mass is 16.2. The molecule has 1 amide bonds. The van der Waals surface area contributed by atoms with Crippen LogP contribution in [0.5, 0.6) is 0 Å². The normalized spacial score (nSPS) is 14.8. The molecule has 1 atom stereocenters. The van der Waals surface area contributed by atoms with E-state index in [0.717, 1.165) is 23.9 Å². The Hall–Kier alpha value is -3.34. The highest BCUT2D eigenvalue weighted by Crippen LogP contribution is 2.41. The number of fused-ring (bicyclic) bond motifs is 1. The van der Waals surface area contributed by atoms with Gasteiger partial charge in [0.05, 0.1) is 6.20 Å². The lowest BCUT2D eigenvalue weighted by Gasteiger charge is -2.18. The van der Waals surface area contributed by atoms with Gasteiger partial charge in [-0.25, -0.2) is 0 Å². The van der Waals surface area contributed by atoms with E-state index < -0.39 is 0 Å². The number of nitrogens with one attached hydrogen (secondary N) is 2.